The van der Waals surface area contributed by atoms with Crippen molar-refractivity contribution in [2.75, 3.05) is 19.6 Å². The third kappa shape index (κ3) is 4.89. The molecule has 2 amide bonds. The van der Waals surface area contributed by atoms with E-state index in [1.54, 1.807) is 6.92 Å². The number of piperidine rings is 1. The molecule has 2 rings (SSSR count). The molecule has 0 saturated carbocycles. The number of nitrogens with zero attached hydrogens (tertiary/aromatic N) is 1. The Morgan fingerprint density at radius 2 is 2.00 bits per heavy atom. The second-order valence-electron chi connectivity index (χ2n) is 6.69. The summed E-state index contributed by atoms with van der Waals surface area (Å²) in [6.45, 7) is 4.80. The average Bonchev–Trinajstić information content (AvgIpc) is 2.58. The van der Waals surface area contributed by atoms with E-state index in [2.05, 4.69) is 10.1 Å². The van der Waals surface area contributed by atoms with E-state index in [0.717, 1.165) is 12.5 Å². The van der Waals surface area contributed by atoms with Crippen LogP contribution in [0.15, 0.2) is 24.3 Å². The summed E-state index contributed by atoms with van der Waals surface area (Å²) < 4.78 is 41.7. The lowest BCUT2D eigenvalue weighted by Gasteiger charge is -2.39. The minimum absolute atomic E-state index is 0.142. The van der Waals surface area contributed by atoms with Gasteiger partial charge in [-0.3, -0.25) is 9.59 Å². The normalized spacial score (nSPS) is 20.6. The Balaban J connectivity index is 2.18. The van der Waals surface area contributed by atoms with Crippen molar-refractivity contribution in [1.82, 2.24) is 10.2 Å². The molecule has 1 aliphatic heterocycles. The molecule has 1 N–H and O–H groups in total. The van der Waals surface area contributed by atoms with Crippen molar-refractivity contribution in [3.05, 3.63) is 29.8 Å². The number of benzene rings is 1. The third-order valence-corrected chi connectivity index (χ3v) is 4.41. The fourth-order valence-electron chi connectivity index (χ4n) is 3.08. The van der Waals surface area contributed by atoms with Crippen molar-refractivity contribution in [2.24, 2.45) is 5.41 Å². The van der Waals surface area contributed by atoms with Crippen LogP contribution in [0.5, 0.6) is 5.75 Å². The molecule has 1 atom stereocenters. The summed E-state index contributed by atoms with van der Waals surface area (Å²) in [5.41, 5.74) is -0.925. The van der Waals surface area contributed by atoms with E-state index < -0.39 is 23.4 Å². The van der Waals surface area contributed by atoms with Crippen LogP contribution in [-0.2, 0) is 4.79 Å². The first-order valence-corrected chi connectivity index (χ1v) is 8.58. The van der Waals surface area contributed by atoms with Crippen LogP contribution in [0, 0.1) is 5.41 Å². The first-order valence-electron chi connectivity index (χ1n) is 8.58. The number of likely N-dealkylation sites (tertiary alicyclic amines) is 1. The van der Waals surface area contributed by atoms with Gasteiger partial charge in [0.1, 0.15) is 5.75 Å². The maximum atomic E-state index is 12.8. The largest absolute Gasteiger partial charge is 0.573 e. The van der Waals surface area contributed by atoms with Gasteiger partial charge in [0.15, 0.2) is 0 Å². The summed E-state index contributed by atoms with van der Waals surface area (Å²) in [6.07, 6.45) is -2.86. The third-order valence-electron chi connectivity index (χ3n) is 4.41. The minimum atomic E-state index is -4.88. The lowest BCUT2D eigenvalue weighted by Crippen LogP contribution is -2.52. The van der Waals surface area contributed by atoms with Crippen molar-refractivity contribution in [3.8, 4) is 5.75 Å². The zero-order chi connectivity index (χ0) is 19.4. The van der Waals surface area contributed by atoms with Crippen molar-refractivity contribution in [1.29, 1.82) is 0 Å². The number of carbonyl (C=O) groups excluding carboxylic acids is 2. The molecule has 1 heterocycles. The molecule has 1 fully saturated rings. The van der Waals surface area contributed by atoms with Crippen LogP contribution in [0.3, 0.4) is 0 Å². The second-order valence-corrected chi connectivity index (χ2v) is 6.69. The number of hydrogen-bond acceptors (Lipinski definition) is 3. The highest BCUT2D eigenvalue weighted by molar-refractivity contribution is 5.97. The Morgan fingerprint density at radius 1 is 1.31 bits per heavy atom. The van der Waals surface area contributed by atoms with E-state index in [4.69, 9.17) is 0 Å². The number of carbonyl (C=O) groups is 2. The maximum absolute atomic E-state index is 12.8. The number of amides is 2. The van der Waals surface area contributed by atoms with E-state index in [9.17, 15) is 22.8 Å². The standard InChI is InChI=1S/C18H23F3N2O3/c1-3-10-22-16(25)17(2)9-6-11-23(12-17)15(24)13-7-4-5-8-14(13)26-18(19,20)21/h4-5,7-8H,3,6,9-12H2,1-2H3,(H,22,25). The Bertz CT molecular complexity index is 663. The van der Waals surface area contributed by atoms with Gasteiger partial charge >= 0.3 is 6.36 Å². The van der Waals surface area contributed by atoms with Crippen LogP contribution in [0.25, 0.3) is 0 Å². The van der Waals surface area contributed by atoms with E-state index in [1.165, 1.54) is 23.1 Å². The van der Waals surface area contributed by atoms with Gasteiger partial charge in [-0.05, 0) is 38.3 Å². The second kappa shape index (κ2) is 7.97. The molecule has 144 valence electrons. The highest BCUT2D eigenvalue weighted by atomic mass is 19.4. The highest BCUT2D eigenvalue weighted by Crippen LogP contribution is 2.33. The van der Waals surface area contributed by atoms with Gasteiger partial charge in [0.2, 0.25) is 5.91 Å². The summed E-state index contributed by atoms with van der Waals surface area (Å²) in [4.78, 5) is 26.6. The summed E-state index contributed by atoms with van der Waals surface area (Å²) in [5.74, 6) is -1.25. The zero-order valence-electron chi connectivity index (χ0n) is 14.9. The summed E-state index contributed by atoms with van der Waals surface area (Å²) in [6, 6.07) is 5.26. The first kappa shape index (κ1) is 20.1. The van der Waals surface area contributed by atoms with Crippen molar-refractivity contribution in [3.63, 3.8) is 0 Å². The molecular formula is C18H23F3N2O3. The molecule has 1 unspecified atom stereocenters. The van der Waals surface area contributed by atoms with Crippen LogP contribution in [-0.4, -0.2) is 42.7 Å². The number of para-hydroxylation sites is 1. The molecule has 1 aliphatic rings. The summed E-state index contributed by atoms with van der Waals surface area (Å²) in [7, 11) is 0. The van der Waals surface area contributed by atoms with Crippen molar-refractivity contribution >= 4 is 11.8 Å². The predicted molar refractivity (Wildman–Crippen MR) is 89.7 cm³/mol. The molecule has 1 aromatic carbocycles. The molecule has 0 aromatic heterocycles. The predicted octanol–water partition coefficient (Wildman–Crippen LogP) is 3.35. The van der Waals surface area contributed by atoms with Gasteiger partial charge < -0.3 is 15.0 Å². The quantitative estimate of drug-likeness (QED) is 0.862. The molecule has 0 bridgehead atoms. The molecular weight excluding hydrogens is 349 g/mol. The maximum Gasteiger partial charge on any atom is 0.573 e. The number of nitrogens with one attached hydrogen (secondary N) is 1. The van der Waals surface area contributed by atoms with Gasteiger partial charge in [-0.15, -0.1) is 13.2 Å². The molecule has 26 heavy (non-hydrogen) atoms. The van der Waals surface area contributed by atoms with E-state index in [0.29, 0.717) is 25.9 Å². The van der Waals surface area contributed by atoms with E-state index in [1.807, 2.05) is 6.92 Å². The Morgan fingerprint density at radius 3 is 2.65 bits per heavy atom. The van der Waals surface area contributed by atoms with Crippen LogP contribution in [0.2, 0.25) is 0 Å². The fraction of sp³-hybridized carbons (Fsp3) is 0.556. The molecule has 5 nitrogen and oxygen atoms in total. The topological polar surface area (TPSA) is 58.6 Å². The number of alkyl halides is 3. The first-order chi connectivity index (χ1) is 12.2. The lowest BCUT2D eigenvalue weighted by atomic mass is 9.80. The molecule has 1 aromatic rings. The molecule has 1 saturated heterocycles. The van der Waals surface area contributed by atoms with Crippen molar-refractivity contribution < 1.29 is 27.5 Å². The van der Waals surface area contributed by atoms with Gasteiger partial charge in [0.05, 0.1) is 11.0 Å². The monoisotopic (exact) mass is 372 g/mol. The van der Waals surface area contributed by atoms with Gasteiger partial charge in [0.25, 0.3) is 5.91 Å². The SMILES string of the molecule is CCCNC(=O)C1(C)CCCN(C(=O)c2ccccc2OC(F)(F)F)C1. The van der Waals surface area contributed by atoms with Crippen LogP contribution >= 0.6 is 0 Å². The molecule has 0 radical (unpaired) electrons. The van der Waals surface area contributed by atoms with Crippen molar-refractivity contribution in [2.45, 2.75) is 39.5 Å². The highest BCUT2D eigenvalue weighted by Gasteiger charge is 2.40. The molecule has 8 heteroatoms. The molecule has 0 spiro atoms. The minimum Gasteiger partial charge on any atom is -0.405 e. The number of ether oxygens (including phenoxy) is 1. The van der Waals surface area contributed by atoms with Gasteiger partial charge in [-0.25, -0.2) is 0 Å². The Labute approximate surface area is 150 Å². The van der Waals surface area contributed by atoms with Crippen LogP contribution in [0.4, 0.5) is 13.2 Å². The lowest BCUT2D eigenvalue weighted by molar-refractivity contribution is -0.274. The van der Waals surface area contributed by atoms with Crippen LogP contribution in [0.1, 0.15) is 43.5 Å². The van der Waals surface area contributed by atoms with E-state index >= 15 is 0 Å². The van der Waals surface area contributed by atoms with Gasteiger partial charge in [-0.2, -0.15) is 0 Å². The number of rotatable bonds is 5. The van der Waals surface area contributed by atoms with E-state index in [-0.39, 0.29) is 18.0 Å². The molecule has 0 aliphatic carbocycles. The average molecular weight is 372 g/mol. The fourth-order valence-corrected chi connectivity index (χ4v) is 3.08. The van der Waals surface area contributed by atoms with Crippen LogP contribution < -0.4 is 10.1 Å². The number of halogens is 3. The summed E-state index contributed by atoms with van der Waals surface area (Å²) >= 11 is 0. The summed E-state index contributed by atoms with van der Waals surface area (Å²) in [5, 5.41) is 2.83. The van der Waals surface area contributed by atoms with Gasteiger partial charge in [-0.1, -0.05) is 19.1 Å². The number of hydrogen-bond donors (Lipinski definition) is 1. The van der Waals surface area contributed by atoms with Gasteiger partial charge in [0, 0.05) is 19.6 Å². The zero-order valence-corrected chi connectivity index (χ0v) is 14.9. The smallest absolute Gasteiger partial charge is 0.405 e. The Hall–Kier alpha value is -2.25. The Kier molecular flexibility index (Phi) is 6.15.